The maximum atomic E-state index is 5.02. The van der Waals surface area contributed by atoms with Crippen LogP contribution in [0.2, 0.25) is 0 Å². The lowest BCUT2D eigenvalue weighted by atomic mass is 10.1. The highest BCUT2D eigenvalue weighted by Gasteiger charge is 2.17. The Labute approximate surface area is 160 Å². The van der Waals surface area contributed by atoms with E-state index in [2.05, 4.69) is 104 Å². The largest absolute Gasteiger partial charge is 0.294 e. The molecule has 4 rings (SSSR count). The smallest absolute Gasteiger partial charge is 0.140 e. The number of aliphatic imine (C=N–C) groups is 1. The molecule has 3 aromatic carbocycles. The molecule has 2 nitrogen and oxygen atoms in total. The number of para-hydroxylation sites is 1. The Balaban J connectivity index is 2.03. The van der Waals surface area contributed by atoms with Gasteiger partial charge in [0, 0.05) is 17.0 Å². The number of aryl methyl sites for hydroxylation is 1. The molecule has 27 heavy (non-hydrogen) atoms. The Bertz CT molecular complexity index is 1080. The Morgan fingerprint density at radius 3 is 2.19 bits per heavy atom. The lowest BCUT2D eigenvalue weighted by molar-refractivity contribution is 0.828. The van der Waals surface area contributed by atoms with Gasteiger partial charge < -0.3 is 0 Å². The molecule has 0 saturated carbocycles. The lowest BCUT2D eigenvalue weighted by Crippen LogP contribution is -2.16. The highest BCUT2D eigenvalue weighted by molar-refractivity contribution is 6.08. The Morgan fingerprint density at radius 1 is 0.815 bits per heavy atom. The van der Waals surface area contributed by atoms with E-state index < -0.39 is 0 Å². The number of hydrogen-bond acceptors (Lipinski definition) is 1. The van der Waals surface area contributed by atoms with E-state index in [0.29, 0.717) is 0 Å². The molecule has 0 aliphatic heterocycles. The first-order valence-corrected chi connectivity index (χ1v) is 9.44. The maximum absolute atomic E-state index is 5.02. The molecule has 0 fully saturated rings. The van der Waals surface area contributed by atoms with E-state index in [9.17, 15) is 0 Å². The van der Waals surface area contributed by atoms with Gasteiger partial charge in [0.1, 0.15) is 5.84 Å². The van der Waals surface area contributed by atoms with Gasteiger partial charge in [0.2, 0.25) is 0 Å². The van der Waals surface area contributed by atoms with Gasteiger partial charge in [-0.2, -0.15) is 0 Å². The second-order valence-electron chi connectivity index (χ2n) is 7.20. The summed E-state index contributed by atoms with van der Waals surface area (Å²) in [6.07, 6.45) is 0. The van der Waals surface area contributed by atoms with Crippen LogP contribution >= 0.6 is 0 Å². The summed E-state index contributed by atoms with van der Waals surface area (Å²) in [5.41, 5.74) is 5.93. The number of hydrogen-bond donors (Lipinski definition) is 0. The van der Waals surface area contributed by atoms with Crippen molar-refractivity contribution < 1.29 is 0 Å². The summed E-state index contributed by atoms with van der Waals surface area (Å²) in [4.78, 5) is 5.02. The summed E-state index contributed by atoms with van der Waals surface area (Å²) >= 11 is 0. The molecule has 0 N–H and O–H groups in total. The van der Waals surface area contributed by atoms with Crippen LogP contribution in [0.5, 0.6) is 0 Å². The van der Waals surface area contributed by atoms with Crippen molar-refractivity contribution in [2.24, 2.45) is 4.99 Å². The zero-order chi connectivity index (χ0) is 18.8. The number of nitrogens with zero attached hydrogens (tertiary/aromatic N) is 2. The van der Waals surface area contributed by atoms with E-state index in [1.54, 1.807) is 0 Å². The third kappa shape index (κ3) is 3.43. The van der Waals surface area contributed by atoms with Crippen molar-refractivity contribution in [3.63, 3.8) is 0 Å². The van der Waals surface area contributed by atoms with Crippen LogP contribution in [0.4, 0.5) is 0 Å². The van der Waals surface area contributed by atoms with Crippen LogP contribution in [0.3, 0.4) is 0 Å². The van der Waals surface area contributed by atoms with E-state index >= 15 is 0 Å². The van der Waals surface area contributed by atoms with Gasteiger partial charge in [-0.3, -0.25) is 9.56 Å². The average Bonchev–Trinajstić information content (AvgIpc) is 3.06. The molecule has 0 bridgehead atoms. The van der Waals surface area contributed by atoms with Crippen LogP contribution in [-0.2, 0) is 0 Å². The molecular formula is C25H24N2. The van der Waals surface area contributed by atoms with Gasteiger partial charge >= 0.3 is 0 Å². The van der Waals surface area contributed by atoms with Crippen LogP contribution in [0.1, 0.15) is 25.0 Å². The fourth-order valence-corrected chi connectivity index (χ4v) is 3.41. The number of benzene rings is 3. The van der Waals surface area contributed by atoms with E-state index in [0.717, 1.165) is 11.4 Å². The average molecular weight is 352 g/mol. The molecule has 0 atom stereocenters. The van der Waals surface area contributed by atoms with Crippen molar-refractivity contribution in [2.45, 2.75) is 26.8 Å². The Hall–Kier alpha value is -3.13. The molecule has 1 heterocycles. The van der Waals surface area contributed by atoms with Crippen LogP contribution in [0.25, 0.3) is 22.2 Å². The Morgan fingerprint density at radius 2 is 1.48 bits per heavy atom. The second-order valence-corrected chi connectivity index (χ2v) is 7.20. The van der Waals surface area contributed by atoms with Gasteiger partial charge in [-0.05, 0) is 38.5 Å². The molecule has 0 saturated heterocycles. The molecule has 1 aromatic heterocycles. The minimum atomic E-state index is 0.201. The molecule has 4 aromatic rings. The molecule has 0 unspecified atom stereocenters. The first-order valence-electron chi connectivity index (χ1n) is 9.44. The normalized spacial score (nSPS) is 12.1. The standard InChI is InChI=1S/C25H24N2/c1-18(2)26-25(21-9-5-4-6-10-21)27-23-12-8-7-11-22(23)17-24(27)20-15-13-19(3)14-16-20/h4-18H,1-3H3. The zero-order valence-corrected chi connectivity index (χ0v) is 16.1. The number of rotatable bonds is 3. The highest BCUT2D eigenvalue weighted by Crippen LogP contribution is 2.30. The minimum Gasteiger partial charge on any atom is -0.294 e. The van der Waals surface area contributed by atoms with E-state index in [4.69, 9.17) is 4.99 Å². The summed E-state index contributed by atoms with van der Waals surface area (Å²) in [5, 5.41) is 1.22. The van der Waals surface area contributed by atoms with Crippen LogP contribution < -0.4 is 0 Å². The molecule has 0 radical (unpaired) electrons. The summed E-state index contributed by atoms with van der Waals surface area (Å²) in [5.74, 6) is 0.988. The number of aromatic nitrogens is 1. The van der Waals surface area contributed by atoms with E-state index in [1.807, 2.05) is 6.07 Å². The van der Waals surface area contributed by atoms with Crippen molar-refractivity contribution in [3.05, 3.63) is 96.1 Å². The molecular weight excluding hydrogens is 328 g/mol. The first-order chi connectivity index (χ1) is 13.1. The third-order valence-electron chi connectivity index (χ3n) is 4.68. The van der Waals surface area contributed by atoms with Gasteiger partial charge in [0.15, 0.2) is 0 Å². The van der Waals surface area contributed by atoms with Gasteiger partial charge in [-0.25, -0.2) is 0 Å². The molecule has 0 spiro atoms. The summed E-state index contributed by atoms with van der Waals surface area (Å²) < 4.78 is 2.30. The van der Waals surface area contributed by atoms with Crippen molar-refractivity contribution in [1.82, 2.24) is 4.57 Å². The maximum Gasteiger partial charge on any atom is 0.140 e. The summed E-state index contributed by atoms with van der Waals surface area (Å²) in [6, 6.07) is 30.2. The zero-order valence-electron chi connectivity index (χ0n) is 16.1. The van der Waals surface area contributed by atoms with Gasteiger partial charge in [0.25, 0.3) is 0 Å². The predicted molar refractivity (Wildman–Crippen MR) is 116 cm³/mol. The summed E-state index contributed by atoms with van der Waals surface area (Å²) in [6.45, 7) is 6.37. The summed E-state index contributed by atoms with van der Waals surface area (Å²) in [7, 11) is 0. The molecule has 134 valence electrons. The van der Waals surface area contributed by atoms with Crippen LogP contribution in [-0.4, -0.2) is 16.4 Å². The minimum absolute atomic E-state index is 0.201. The van der Waals surface area contributed by atoms with Gasteiger partial charge in [0.05, 0.1) is 11.2 Å². The van der Waals surface area contributed by atoms with E-state index in [1.165, 1.54) is 27.7 Å². The van der Waals surface area contributed by atoms with Crippen molar-refractivity contribution in [1.29, 1.82) is 0 Å². The molecule has 2 heteroatoms. The number of fused-ring (bicyclic) bond motifs is 1. The first kappa shape index (κ1) is 17.3. The van der Waals surface area contributed by atoms with Gasteiger partial charge in [-0.1, -0.05) is 78.4 Å². The topological polar surface area (TPSA) is 17.3 Å². The van der Waals surface area contributed by atoms with Gasteiger partial charge in [-0.15, -0.1) is 0 Å². The third-order valence-corrected chi connectivity index (χ3v) is 4.68. The monoisotopic (exact) mass is 352 g/mol. The molecule has 0 aliphatic carbocycles. The van der Waals surface area contributed by atoms with Crippen molar-refractivity contribution in [2.75, 3.05) is 0 Å². The van der Waals surface area contributed by atoms with Crippen LogP contribution in [0, 0.1) is 6.92 Å². The highest BCUT2D eigenvalue weighted by atomic mass is 15.1. The second kappa shape index (κ2) is 7.24. The van der Waals surface area contributed by atoms with Crippen molar-refractivity contribution in [3.8, 4) is 11.3 Å². The quantitative estimate of drug-likeness (QED) is 0.303. The van der Waals surface area contributed by atoms with Crippen molar-refractivity contribution >= 4 is 16.7 Å². The fraction of sp³-hybridized carbons (Fsp3) is 0.160. The van der Waals surface area contributed by atoms with Crippen LogP contribution in [0.15, 0.2) is 89.9 Å². The SMILES string of the molecule is Cc1ccc(-c2cc3ccccc3n2C(=NC(C)C)c2ccccc2)cc1. The Kier molecular flexibility index (Phi) is 4.64. The fourth-order valence-electron chi connectivity index (χ4n) is 3.41. The molecule has 0 amide bonds. The lowest BCUT2D eigenvalue weighted by Gasteiger charge is -2.16. The molecule has 0 aliphatic rings. The van der Waals surface area contributed by atoms with E-state index in [-0.39, 0.29) is 6.04 Å². The predicted octanol–water partition coefficient (Wildman–Crippen LogP) is 6.32.